The number of rotatable bonds is 6. The molecular formula is C14H15N3O2S2. The number of nitrogens with zero attached hydrogens (tertiary/aromatic N) is 1. The van der Waals surface area contributed by atoms with Gasteiger partial charge in [-0.1, -0.05) is 36.5 Å². The van der Waals surface area contributed by atoms with Gasteiger partial charge in [-0.15, -0.1) is 0 Å². The van der Waals surface area contributed by atoms with E-state index in [1.165, 1.54) is 6.07 Å². The van der Waals surface area contributed by atoms with E-state index in [9.17, 15) is 8.42 Å². The summed E-state index contributed by atoms with van der Waals surface area (Å²) in [4.78, 5) is 4.14. The van der Waals surface area contributed by atoms with Gasteiger partial charge >= 0.3 is 0 Å². The molecule has 0 saturated heterocycles. The highest BCUT2D eigenvalue weighted by atomic mass is 32.2. The number of benzene rings is 1. The van der Waals surface area contributed by atoms with Crippen molar-refractivity contribution in [2.45, 2.75) is 11.3 Å². The van der Waals surface area contributed by atoms with Gasteiger partial charge in [0.2, 0.25) is 10.0 Å². The zero-order valence-corrected chi connectivity index (χ0v) is 12.8. The summed E-state index contributed by atoms with van der Waals surface area (Å²) in [6, 6.07) is 10.1. The van der Waals surface area contributed by atoms with Crippen LogP contribution in [0.15, 0.2) is 53.7 Å². The van der Waals surface area contributed by atoms with E-state index in [0.717, 1.165) is 5.56 Å². The molecule has 0 spiro atoms. The first-order chi connectivity index (χ1) is 10.0. The molecule has 1 aromatic heterocycles. The van der Waals surface area contributed by atoms with Crippen LogP contribution in [0.1, 0.15) is 11.1 Å². The molecule has 110 valence electrons. The number of hydrogen-bond acceptors (Lipinski definition) is 4. The van der Waals surface area contributed by atoms with E-state index in [1.54, 1.807) is 30.6 Å². The maximum atomic E-state index is 12.3. The maximum Gasteiger partial charge on any atom is 0.241 e. The van der Waals surface area contributed by atoms with Crippen molar-refractivity contribution in [1.82, 2.24) is 9.71 Å². The van der Waals surface area contributed by atoms with Gasteiger partial charge < -0.3 is 5.73 Å². The Morgan fingerprint density at radius 3 is 2.67 bits per heavy atom. The third-order valence-corrected chi connectivity index (χ3v) is 4.61. The zero-order valence-electron chi connectivity index (χ0n) is 11.2. The Kier molecular flexibility index (Phi) is 5.00. The quantitative estimate of drug-likeness (QED) is 0.782. The van der Waals surface area contributed by atoms with Gasteiger partial charge in [0.15, 0.2) is 0 Å². The van der Waals surface area contributed by atoms with Crippen molar-refractivity contribution in [1.29, 1.82) is 0 Å². The Balaban J connectivity index is 2.11. The minimum Gasteiger partial charge on any atom is -0.389 e. The van der Waals surface area contributed by atoms with Gasteiger partial charge in [-0.3, -0.25) is 4.98 Å². The maximum absolute atomic E-state index is 12.3. The van der Waals surface area contributed by atoms with Crippen molar-refractivity contribution < 1.29 is 8.42 Å². The summed E-state index contributed by atoms with van der Waals surface area (Å²) in [5, 5.41) is 0. The van der Waals surface area contributed by atoms with Crippen molar-refractivity contribution >= 4 is 27.2 Å². The fraction of sp³-hybridized carbons (Fsp3) is 0.143. The predicted octanol–water partition coefficient (Wildman–Crippen LogP) is 1.24. The largest absolute Gasteiger partial charge is 0.389 e. The standard InChI is InChI=1S/C14H15N3O2S2/c15-14(20)12-5-1-2-6-13(12)21(18,19)17-9-7-11-4-3-8-16-10-11/h1-6,8,10,17H,7,9H2,(H2,15,20). The fourth-order valence-corrected chi connectivity index (χ4v) is 3.35. The molecule has 0 bridgehead atoms. The number of aromatic nitrogens is 1. The van der Waals surface area contributed by atoms with E-state index in [2.05, 4.69) is 9.71 Å². The lowest BCUT2D eigenvalue weighted by molar-refractivity contribution is 0.581. The van der Waals surface area contributed by atoms with Crippen LogP contribution < -0.4 is 10.5 Å². The average molecular weight is 321 g/mol. The normalized spacial score (nSPS) is 11.2. The highest BCUT2D eigenvalue weighted by Crippen LogP contribution is 2.15. The Morgan fingerprint density at radius 2 is 2.00 bits per heavy atom. The Morgan fingerprint density at radius 1 is 1.24 bits per heavy atom. The second-order valence-electron chi connectivity index (χ2n) is 4.37. The van der Waals surface area contributed by atoms with E-state index >= 15 is 0 Å². The topological polar surface area (TPSA) is 85.1 Å². The van der Waals surface area contributed by atoms with Crippen LogP contribution in [0.4, 0.5) is 0 Å². The van der Waals surface area contributed by atoms with Gasteiger partial charge in [-0.25, -0.2) is 13.1 Å². The summed E-state index contributed by atoms with van der Waals surface area (Å²) in [6.45, 7) is 0.277. The van der Waals surface area contributed by atoms with Gasteiger partial charge in [-0.2, -0.15) is 0 Å². The molecule has 0 aliphatic heterocycles. The fourth-order valence-electron chi connectivity index (χ4n) is 1.86. The van der Waals surface area contributed by atoms with Crippen LogP contribution >= 0.6 is 12.2 Å². The molecule has 21 heavy (non-hydrogen) atoms. The zero-order chi connectivity index (χ0) is 15.3. The molecular weight excluding hydrogens is 306 g/mol. The van der Waals surface area contributed by atoms with Crippen LogP contribution in [0.25, 0.3) is 0 Å². The van der Waals surface area contributed by atoms with Crippen LogP contribution in [0, 0.1) is 0 Å². The Hall–Kier alpha value is -1.83. The lowest BCUT2D eigenvalue weighted by Crippen LogP contribution is -2.28. The molecule has 5 nitrogen and oxygen atoms in total. The van der Waals surface area contributed by atoms with Crippen LogP contribution in [0.3, 0.4) is 0 Å². The van der Waals surface area contributed by atoms with Gasteiger partial charge in [0.25, 0.3) is 0 Å². The molecule has 0 aliphatic rings. The van der Waals surface area contributed by atoms with Crippen LogP contribution in [0.5, 0.6) is 0 Å². The summed E-state index contributed by atoms with van der Waals surface area (Å²) in [5.41, 5.74) is 6.87. The van der Waals surface area contributed by atoms with E-state index in [-0.39, 0.29) is 16.4 Å². The van der Waals surface area contributed by atoms with E-state index in [1.807, 2.05) is 12.1 Å². The average Bonchev–Trinajstić information content (AvgIpc) is 2.48. The number of nitrogens with two attached hydrogens (primary N) is 1. The molecule has 0 aliphatic carbocycles. The first-order valence-electron chi connectivity index (χ1n) is 6.28. The van der Waals surface area contributed by atoms with Crippen molar-refractivity contribution in [3.05, 3.63) is 59.9 Å². The smallest absolute Gasteiger partial charge is 0.241 e. The third kappa shape index (κ3) is 4.07. The van der Waals surface area contributed by atoms with Crippen molar-refractivity contribution in [2.24, 2.45) is 5.73 Å². The van der Waals surface area contributed by atoms with Gasteiger partial charge in [0.1, 0.15) is 4.99 Å². The third-order valence-electron chi connectivity index (χ3n) is 2.87. The Bertz CT molecular complexity index is 731. The van der Waals surface area contributed by atoms with Crippen LogP contribution in [-0.2, 0) is 16.4 Å². The van der Waals surface area contributed by atoms with Gasteiger partial charge in [-0.05, 0) is 24.1 Å². The number of pyridine rings is 1. The highest BCUT2D eigenvalue weighted by molar-refractivity contribution is 7.89. The lowest BCUT2D eigenvalue weighted by Gasteiger charge is -2.10. The summed E-state index contributed by atoms with van der Waals surface area (Å²) in [5.74, 6) is 0. The molecule has 3 N–H and O–H groups in total. The summed E-state index contributed by atoms with van der Waals surface area (Å²) in [6.07, 6.45) is 3.94. The first-order valence-corrected chi connectivity index (χ1v) is 8.17. The molecule has 1 aromatic carbocycles. The summed E-state index contributed by atoms with van der Waals surface area (Å²) < 4.78 is 27.2. The SMILES string of the molecule is NC(=S)c1ccccc1S(=O)(=O)NCCc1cccnc1. The van der Waals surface area contributed by atoms with Crippen molar-refractivity contribution in [2.75, 3.05) is 6.54 Å². The number of nitrogens with one attached hydrogen (secondary N) is 1. The molecule has 1 heterocycles. The van der Waals surface area contributed by atoms with Crippen LogP contribution in [-0.4, -0.2) is 24.9 Å². The Labute approximate surface area is 129 Å². The molecule has 7 heteroatoms. The number of thiocarbonyl (C=S) groups is 1. The van der Waals surface area contributed by atoms with Crippen molar-refractivity contribution in [3.63, 3.8) is 0 Å². The van der Waals surface area contributed by atoms with Crippen molar-refractivity contribution in [3.8, 4) is 0 Å². The summed E-state index contributed by atoms with van der Waals surface area (Å²) in [7, 11) is -3.64. The predicted molar refractivity (Wildman–Crippen MR) is 85.5 cm³/mol. The van der Waals surface area contributed by atoms with E-state index in [4.69, 9.17) is 18.0 Å². The molecule has 2 aromatic rings. The van der Waals surface area contributed by atoms with E-state index < -0.39 is 10.0 Å². The minimum atomic E-state index is -3.64. The van der Waals surface area contributed by atoms with Crippen LogP contribution in [0.2, 0.25) is 0 Å². The molecule has 0 fully saturated rings. The second kappa shape index (κ2) is 6.75. The minimum absolute atomic E-state index is 0.0586. The first kappa shape index (κ1) is 15.6. The highest BCUT2D eigenvalue weighted by Gasteiger charge is 2.18. The van der Waals surface area contributed by atoms with Gasteiger partial charge in [0, 0.05) is 24.5 Å². The molecule has 2 rings (SSSR count). The van der Waals surface area contributed by atoms with E-state index in [0.29, 0.717) is 12.0 Å². The van der Waals surface area contributed by atoms with Gasteiger partial charge in [0.05, 0.1) is 4.90 Å². The lowest BCUT2D eigenvalue weighted by atomic mass is 10.2. The molecule has 0 atom stereocenters. The molecule has 0 saturated carbocycles. The molecule has 0 radical (unpaired) electrons. The molecule has 0 amide bonds. The summed E-state index contributed by atoms with van der Waals surface area (Å²) >= 11 is 4.88. The number of sulfonamides is 1. The molecule has 0 unspecified atom stereocenters. The second-order valence-corrected chi connectivity index (χ2v) is 6.54. The number of hydrogen-bond donors (Lipinski definition) is 2. The monoisotopic (exact) mass is 321 g/mol.